The molecule has 0 aliphatic heterocycles. The van der Waals surface area contributed by atoms with Crippen LogP contribution in [0.4, 0.5) is 0 Å². The Morgan fingerprint density at radius 3 is 2.50 bits per heavy atom. The number of para-hydroxylation sites is 1. The van der Waals surface area contributed by atoms with E-state index >= 15 is 0 Å². The minimum absolute atomic E-state index is 0.0745. The van der Waals surface area contributed by atoms with Gasteiger partial charge in [-0.3, -0.25) is 9.59 Å². The van der Waals surface area contributed by atoms with Crippen molar-refractivity contribution in [3.63, 3.8) is 0 Å². The summed E-state index contributed by atoms with van der Waals surface area (Å²) in [7, 11) is 3.18. The number of ether oxygens (including phenoxy) is 2. The van der Waals surface area contributed by atoms with E-state index in [1.807, 2.05) is 24.3 Å². The first kappa shape index (κ1) is 16.3. The van der Waals surface area contributed by atoms with E-state index in [2.05, 4.69) is 10.6 Å². The molecule has 120 valence electrons. The van der Waals surface area contributed by atoms with Gasteiger partial charge in [0.05, 0.1) is 25.6 Å². The number of carbonyl (C=O) groups is 2. The van der Waals surface area contributed by atoms with Crippen LogP contribution in [0.1, 0.15) is 12.0 Å². The van der Waals surface area contributed by atoms with Crippen LogP contribution in [0.2, 0.25) is 0 Å². The summed E-state index contributed by atoms with van der Waals surface area (Å²) in [6.07, 6.45) is 0.608. The predicted octanol–water partition coefficient (Wildman–Crippen LogP) is 0.710. The van der Waals surface area contributed by atoms with Gasteiger partial charge in [-0.1, -0.05) is 18.2 Å². The monoisotopic (exact) mass is 306 g/mol. The third-order valence-electron chi connectivity index (χ3n) is 3.71. The van der Waals surface area contributed by atoms with Gasteiger partial charge in [0, 0.05) is 25.8 Å². The summed E-state index contributed by atoms with van der Waals surface area (Å²) in [6, 6.07) is 7.53. The van der Waals surface area contributed by atoms with Gasteiger partial charge in [0.15, 0.2) is 0 Å². The standard InChI is InChI=1S/C16H22N2O4/c1-21-8-7-17-15(19)12-9-13(12)16(20)18-10-11-5-3-4-6-14(11)22-2/h3-6,12-13H,7-10H2,1-2H3,(H,17,19)(H,18,20). The lowest BCUT2D eigenvalue weighted by molar-refractivity contribution is -0.127. The summed E-state index contributed by atoms with van der Waals surface area (Å²) in [5.41, 5.74) is 0.917. The number of hydrogen-bond acceptors (Lipinski definition) is 4. The van der Waals surface area contributed by atoms with Crippen LogP contribution in [0.5, 0.6) is 5.75 Å². The predicted molar refractivity (Wildman–Crippen MR) is 81.3 cm³/mol. The molecule has 1 aromatic rings. The maximum Gasteiger partial charge on any atom is 0.224 e. The molecule has 0 bridgehead atoms. The highest BCUT2D eigenvalue weighted by Gasteiger charge is 2.47. The van der Waals surface area contributed by atoms with Crippen molar-refractivity contribution in [2.24, 2.45) is 11.8 Å². The summed E-state index contributed by atoms with van der Waals surface area (Å²) in [6.45, 7) is 1.35. The van der Waals surface area contributed by atoms with E-state index in [9.17, 15) is 9.59 Å². The topological polar surface area (TPSA) is 76.7 Å². The minimum Gasteiger partial charge on any atom is -0.496 e. The van der Waals surface area contributed by atoms with Crippen LogP contribution in [-0.2, 0) is 20.9 Å². The molecular formula is C16H22N2O4. The molecule has 1 aliphatic rings. The molecule has 0 aromatic heterocycles. The van der Waals surface area contributed by atoms with Gasteiger partial charge in [-0.2, -0.15) is 0 Å². The molecule has 0 saturated heterocycles. The van der Waals surface area contributed by atoms with E-state index < -0.39 is 0 Å². The highest BCUT2D eigenvalue weighted by molar-refractivity contribution is 5.92. The number of carbonyl (C=O) groups excluding carboxylic acids is 2. The molecule has 22 heavy (non-hydrogen) atoms. The maximum absolute atomic E-state index is 12.1. The molecule has 2 rings (SSSR count). The zero-order valence-corrected chi connectivity index (χ0v) is 12.9. The zero-order valence-electron chi connectivity index (χ0n) is 12.9. The molecule has 1 aromatic carbocycles. The second-order valence-electron chi connectivity index (χ2n) is 5.26. The van der Waals surface area contributed by atoms with Gasteiger partial charge in [-0.05, 0) is 12.5 Å². The normalized spacial score (nSPS) is 19.4. The SMILES string of the molecule is COCCNC(=O)C1CC1C(=O)NCc1ccccc1OC. The van der Waals surface area contributed by atoms with Crippen molar-refractivity contribution in [2.75, 3.05) is 27.4 Å². The first-order chi connectivity index (χ1) is 10.7. The fraction of sp³-hybridized carbons (Fsp3) is 0.500. The van der Waals surface area contributed by atoms with Gasteiger partial charge in [0.2, 0.25) is 11.8 Å². The van der Waals surface area contributed by atoms with E-state index in [4.69, 9.17) is 9.47 Å². The molecule has 0 radical (unpaired) electrons. The quantitative estimate of drug-likeness (QED) is 0.694. The van der Waals surface area contributed by atoms with E-state index in [-0.39, 0.29) is 23.7 Å². The molecule has 2 atom stereocenters. The molecule has 2 N–H and O–H groups in total. The Bertz CT molecular complexity index is 533. The molecule has 1 fully saturated rings. The first-order valence-corrected chi connectivity index (χ1v) is 7.33. The molecule has 2 amide bonds. The van der Waals surface area contributed by atoms with Crippen LogP contribution >= 0.6 is 0 Å². The largest absolute Gasteiger partial charge is 0.496 e. The van der Waals surface area contributed by atoms with Crippen molar-refractivity contribution in [2.45, 2.75) is 13.0 Å². The summed E-state index contributed by atoms with van der Waals surface area (Å²) < 4.78 is 10.1. The van der Waals surface area contributed by atoms with E-state index in [1.54, 1.807) is 14.2 Å². The van der Waals surface area contributed by atoms with Crippen molar-refractivity contribution in [1.29, 1.82) is 0 Å². The van der Waals surface area contributed by atoms with Crippen molar-refractivity contribution in [1.82, 2.24) is 10.6 Å². The number of amides is 2. The molecule has 1 saturated carbocycles. The van der Waals surface area contributed by atoms with E-state index in [0.29, 0.717) is 26.1 Å². The molecule has 6 nitrogen and oxygen atoms in total. The molecule has 0 spiro atoms. The molecular weight excluding hydrogens is 284 g/mol. The summed E-state index contributed by atoms with van der Waals surface area (Å²) in [5.74, 6) is 0.145. The fourth-order valence-corrected chi connectivity index (χ4v) is 2.34. The average Bonchev–Trinajstić information content (AvgIpc) is 3.33. The van der Waals surface area contributed by atoms with Crippen LogP contribution in [0.15, 0.2) is 24.3 Å². The summed E-state index contributed by atoms with van der Waals surface area (Å²) in [5, 5.41) is 5.62. The molecule has 1 aliphatic carbocycles. The Labute approximate surface area is 130 Å². The third-order valence-corrected chi connectivity index (χ3v) is 3.71. The first-order valence-electron chi connectivity index (χ1n) is 7.33. The van der Waals surface area contributed by atoms with Crippen molar-refractivity contribution in [3.05, 3.63) is 29.8 Å². The zero-order chi connectivity index (χ0) is 15.9. The number of hydrogen-bond donors (Lipinski definition) is 2. The second-order valence-corrected chi connectivity index (χ2v) is 5.26. The lowest BCUT2D eigenvalue weighted by atomic mass is 10.2. The van der Waals surface area contributed by atoms with Crippen LogP contribution in [0.25, 0.3) is 0 Å². The molecule has 6 heteroatoms. The smallest absolute Gasteiger partial charge is 0.224 e. The minimum atomic E-state index is -0.225. The van der Waals surface area contributed by atoms with Gasteiger partial charge in [-0.25, -0.2) is 0 Å². The van der Waals surface area contributed by atoms with E-state index in [0.717, 1.165) is 11.3 Å². The van der Waals surface area contributed by atoms with Crippen LogP contribution in [0.3, 0.4) is 0 Å². The Kier molecular flexibility index (Phi) is 5.77. The highest BCUT2D eigenvalue weighted by Crippen LogP contribution is 2.38. The fourth-order valence-electron chi connectivity index (χ4n) is 2.34. The number of methoxy groups -OCH3 is 2. The van der Waals surface area contributed by atoms with Crippen LogP contribution in [-0.4, -0.2) is 39.2 Å². The lowest BCUT2D eigenvalue weighted by Gasteiger charge is -2.09. The van der Waals surface area contributed by atoms with Gasteiger partial charge in [-0.15, -0.1) is 0 Å². The number of nitrogens with one attached hydrogen (secondary N) is 2. The number of rotatable bonds is 8. The summed E-state index contributed by atoms with van der Waals surface area (Å²) >= 11 is 0. The van der Waals surface area contributed by atoms with Crippen molar-refractivity contribution in [3.8, 4) is 5.75 Å². The highest BCUT2D eigenvalue weighted by atomic mass is 16.5. The Hall–Kier alpha value is -2.08. The lowest BCUT2D eigenvalue weighted by Crippen LogP contribution is -2.31. The van der Waals surface area contributed by atoms with Gasteiger partial charge in [0.1, 0.15) is 5.75 Å². The van der Waals surface area contributed by atoms with Gasteiger partial charge < -0.3 is 20.1 Å². The third kappa shape index (κ3) is 4.21. The average molecular weight is 306 g/mol. The van der Waals surface area contributed by atoms with Crippen LogP contribution in [0, 0.1) is 11.8 Å². The van der Waals surface area contributed by atoms with Gasteiger partial charge in [0.25, 0.3) is 0 Å². The Balaban J connectivity index is 1.76. The summed E-state index contributed by atoms with van der Waals surface area (Å²) in [4.78, 5) is 23.9. The second kappa shape index (κ2) is 7.79. The number of benzene rings is 1. The Morgan fingerprint density at radius 2 is 1.82 bits per heavy atom. The van der Waals surface area contributed by atoms with Gasteiger partial charge >= 0.3 is 0 Å². The Morgan fingerprint density at radius 1 is 1.14 bits per heavy atom. The van der Waals surface area contributed by atoms with E-state index in [1.165, 1.54) is 0 Å². The van der Waals surface area contributed by atoms with Crippen molar-refractivity contribution < 1.29 is 19.1 Å². The molecule has 2 unspecified atom stereocenters. The van der Waals surface area contributed by atoms with Crippen LogP contribution < -0.4 is 15.4 Å². The molecule has 0 heterocycles. The van der Waals surface area contributed by atoms with Crippen molar-refractivity contribution >= 4 is 11.8 Å². The maximum atomic E-state index is 12.1.